The number of aliphatic hydroxyl groups is 1. The number of methoxy groups -OCH3 is 1. The van der Waals surface area contributed by atoms with Crippen LogP contribution in [-0.2, 0) is 9.53 Å². The van der Waals surface area contributed by atoms with E-state index in [1.807, 2.05) is 0 Å². The minimum Gasteiger partial charge on any atom is -0.467 e. The first-order valence-corrected chi connectivity index (χ1v) is 5.49. The van der Waals surface area contributed by atoms with Crippen molar-refractivity contribution >= 4 is 5.97 Å². The molecule has 1 saturated heterocycles. The highest BCUT2D eigenvalue weighted by atomic mass is 16.5. The van der Waals surface area contributed by atoms with Gasteiger partial charge in [-0.2, -0.15) is 0 Å². The number of hydrogen-bond donors (Lipinski definition) is 1. The van der Waals surface area contributed by atoms with E-state index in [2.05, 4.69) is 16.6 Å². The van der Waals surface area contributed by atoms with Crippen LogP contribution in [0.5, 0.6) is 0 Å². The molecule has 4 heteroatoms. The van der Waals surface area contributed by atoms with Crippen molar-refractivity contribution in [2.75, 3.05) is 26.7 Å². The minimum absolute atomic E-state index is 0.365. The first-order valence-electron chi connectivity index (χ1n) is 5.49. The summed E-state index contributed by atoms with van der Waals surface area (Å²) in [6.07, 6.45) is 2.37. The summed E-state index contributed by atoms with van der Waals surface area (Å²) in [5, 5.41) is 9.91. The molecular weight excluding hydrogens is 194 g/mol. The molecule has 1 heterocycles. The molecule has 4 nitrogen and oxygen atoms in total. The first kappa shape index (κ1) is 12.5. The molecule has 0 amide bonds. The molecule has 1 aliphatic heterocycles. The first-order chi connectivity index (χ1) is 6.95. The van der Waals surface area contributed by atoms with Crippen LogP contribution in [0.1, 0.15) is 26.7 Å². The minimum atomic E-state index is -1.38. The summed E-state index contributed by atoms with van der Waals surface area (Å²) in [6.45, 7) is 5.98. The van der Waals surface area contributed by atoms with E-state index in [0.717, 1.165) is 19.5 Å². The molecule has 1 aliphatic rings. The Bertz CT molecular complexity index is 228. The van der Waals surface area contributed by atoms with Gasteiger partial charge in [0.05, 0.1) is 7.11 Å². The number of carbonyl (C=O) groups excluding carboxylic acids is 1. The summed E-state index contributed by atoms with van der Waals surface area (Å²) >= 11 is 0. The third kappa shape index (κ3) is 3.47. The summed E-state index contributed by atoms with van der Waals surface area (Å²) < 4.78 is 4.57. The molecule has 0 bridgehead atoms. The molecule has 0 spiro atoms. The van der Waals surface area contributed by atoms with E-state index in [1.54, 1.807) is 0 Å². The number of β-amino-alcohol motifs (C(OH)–C–C–N with tert-alkyl or cyclic N) is 1. The van der Waals surface area contributed by atoms with Crippen molar-refractivity contribution in [2.24, 2.45) is 5.92 Å². The van der Waals surface area contributed by atoms with Crippen molar-refractivity contribution in [3.8, 4) is 0 Å². The maximum Gasteiger partial charge on any atom is 0.338 e. The van der Waals surface area contributed by atoms with Crippen LogP contribution in [0.3, 0.4) is 0 Å². The SMILES string of the molecule is COC(=O)C(C)(O)CN1CCCC(C)C1. The third-order valence-corrected chi connectivity index (χ3v) is 2.90. The van der Waals surface area contributed by atoms with Gasteiger partial charge in [-0.15, -0.1) is 0 Å². The number of rotatable bonds is 3. The molecule has 1 rings (SSSR count). The molecule has 2 atom stereocenters. The lowest BCUT2D eigenvalue weighted by atomic mass is 9.98. The number of ether oxygens (including phenoxy) is 1. The smallest absolute Gasteiger partial charge is 0.338 e. The predicted octanol–water partition coefficient (Wildman–Crippen LogP) is 0.642. The normalized spacial score (nSPS) is 27.1. The van der Waals surface area contributed by atoms with Crippen molar-refractivity contribution in [3.63, 3.8) is 0 Å². The van der Waals surface area contributed by atoms with E-state index in [-0.39, 0.29) is 0 Å². The highest BCUT2D eigenvalue weighted by Crippen LogP contribution is 2.18. The van der Waals surface area contributed by atoms with Gasteiger partial charge in [-0.05, 0) is 32.2 Å². The fourth-order valence-electron chi connectivity index (χ4n) is 2.15. The lowest BCUT2D eigenvalue weighted by Gasteiger charge is -2.34. The molecule has 0 radical (unpaired) electrons. The van der Waals surface area contributed by atoms with Gasteiger partial charge >= 0.3 is 5.97 Å². The zero-order valence-corrected chi connectivity index (χ0v) is 9.82. The topological polar surface area (TPSA) is 49.8 Å². The number of likely N-dealkylation sites (tertiary alicyclic amines) is 1. The van der Waals surface area contributed by atoms with Gasteiger partial charge in [0.15, 0.2) is 5.60 Å². The molecule has 0 aromatic carbocycles. The van der Waals surface area contributed by atoms with Gasteiger partial charge in [-0.1, -0.05) is 6.92 Å². The maximum absolute atomic E-state index is 11.3. The quantitative estimate of drug-likeness (QED) is 0.702. The van der Waals surface area contributed by atoms with Crippen LogP contribution in [0.15, 0.2) is 0 Å². The van der Waals surface area contributed by atoms with E-state index in [4.69, 9.17) is 0 Å². The Morgan fingerprint density at radius 1 is 1.67 bits per heavy atom. The van der Waals surface area contributed by atoms with Gasteiger partial charge in [0.2, 0.25) is 0 Å². The molecule has 88 valence electrons. The number of nitrogens with zero attached hydrogens (tertiary/aromatic N) is 1. The van der Waals surface area contributed by atoms with Crippen molar-refractivity contribution < 1.29 is 14.6 Å². The van der Waals surface area contributed by atoms with Crippen molar-refractivity contribution in [2.45, 2.75) is 32.3 Å². The van der Waals surface area contributed by atoms with E-state index in [0.29, 0.717) is 12.5 Å². The lowest BCUT2D eigenvalue weighted by Crippen LogP contribution is -2.49. The van der Waals surface area contributed by atoms with Gasteiger partial charge in [0.1, 0.15) is 0 Å². The zero-order chi connectivity index (χ0) is 11.5. The standard InChI is InChI=1S/C11H21NO3/c1-9-5-4-6-12(7-9)8-11(2,14)10(13)15-3/h9,14H,4-8H2,1-3H3. The summed E-state index contributed by atoms with van der Waals surface area (Å²) in [6, 6.07) is 0. The molecular formula is C11H21NO3. The van der Waals surface area contributed by atoms with Crippen LogP contribution in [0.2, 0.25) is 0 Å². The highest BCUT2D eigenvalue weighted by molar-refractivity contribution is 5.78. The van der Waals surface area contributed by atoms with Gasteiger partial charge in [-0.3, -0.25) is 4.90 Å². The Morgan fingerprint density at radius 2 is 2.33 bits per heavy atom. The summed E-state index contributed by atoms with van der Waals surface area (Å²) in [5.74, 6) is 0.0907. The molecule has 15 heavy (non-hydrogen) atoms. The van der Waals surface area contributed by atoms with Crippen molar-refractivity contribution in [1.29, 1.82) is 0 Å². The second kappa shape index (κ2) is 4.94. The Hall–Kier alpha value is -0.610. The van der Waals surface area contributed by atoms with Gasteiger partial charge < -0.3 is 9.84 Å². The second-order valence-electron chi connectivity index (χ2n) is 4.75. The van der Waals surface area contributed by atoms with Gasteiger partial charge in [0.25, 0.3) is 0 Å². The number of hydrogen-bond acceptors (Lipinski definition) is 4. The Labute approximate surface area is 91.2 Å². The maximum atomic E-state index is 11.3. The van der Waals surface area contributed by atoms with E-state index >= 15 is 0 Å². The average molecular weight is 215 g/mol. The van der Waals surface area contributed by atoms with E-state index < -0.39 is 11.6 Å². The van der Waals surface area contributed by atoms with Crippen LogP contribution >= 0.6 is 0 Å². The molecule has 1 fully saturated rings. The van der Waals surface area contributed by atoms with Crippen LogP contribution in [0.4, 0.5) is 0 Å². The molecule has 1 N–H and O–H groups in total. The second-order valence-corrected chi connectivity index (χ2v) is 4.75. The lowest BCUT2D eigenvalue weighted by molar-refractivity contribution is -0.162. The number of carbonyl (C=O) groups is 1. The number of piperidine rings is 1. The summed E-state index contributed by atoms with van der Waals surface area (Å²) in [5.41, 5.74) is -1.38. The summed E-state index contributed by atoms with van der Waals surface area (Å²) in [4.78, 5) is 13.4. The van der Waals surface area contributed by atoms with Crippen molar-refractivity contribution in [1.82, 2.24) is 4.90 Å². The molecule has 2 unspecified atom stereocenters. The Morgan fingerprint density at radius 3 is 2.87 bits per heavy atom. The average Bonchev–Trinajstić information content (AvgIpc) is 2.15. The van der Waals surface area contributed by atoms with Crippen LogP contribution in [-0.4, -0.2) is 48.3 Å². The van der Waals surface area contributed by atoms with E-state index in [1.165, 1.54) is 20.5 Å². The van der Waals surface area contributed by atoms with Gasteiger partial charge in [0, 0.05) is 13.1 Å². The Kier molecular flexibility index (Phi) is 4.11. The molecule has 0 aromatic rings. The van der Waals surface area contributed by atoms with Gasteiger partial charge in [-0.25, -0.2) is 4.79 Å². The highest BCUT2D eigenvalue weighted by Gasteiger charge is 2.34. The zero-order valence-electron chi connectivity index (χ0n) is 9.82. The van der Waals surface area contributed by atoms with Crippen LogP contribution in [0, 0.1) is 5.92 Å². The fraction of sp³-hybridized carbons (Fsp3) is 0.909. The molecule has 0 aromatic heterocycles. The molecule has 0 aliphatic carbocycles. The summed E-state index contributed by atoms with van der Waals surface area (Å²) in [7, 11) is 1.30. The predicted molar refractivity (Wildman–Crippen MR) is 57.5 cm³/mol. The third-order valence-electron chi connectivity index (χ3n) is 2.90. The van der Waals surface area contributed by atoms with E-state index in [9.17, 15) is 9.90 Å². The largest absolute Gasteiger partial charge is 0.467 e. The van der Waals surface area contributed by atoms with Crippen LogP contribution < -0.4 is 0 Å². The fourth-order valence-corrected chi connectivity index (χ4v) is 2.15. The monoisotopic (exact) mass is 215 g/mol. The molecule has 0 saturated carbocycles. The van der Waals surface area contributed by atoms with Crippen LogP contribution in [0.25, 0.3) is 0 Å². The number of esters is 1. The van der Waals surface area contributed by atoms with Crippen molar-refractivity contribution in [3.05, 3.63) is 0 Å². The Balaban J connectivity index is 2.49.